The molecule has 0 aliphatic carbocycles. The highest BCUT2D eigenvalue weighted by Gasteiger charge is 2.13. The third kappa shape index (κ3) is 4.93. The van der Waals surface area contributed by atoms with Gasteiger partial charge in [-0.2, -0.15) is 0 Å². The highest BCUT2D eigenvalue weighted by molar-refractivity contribution is 7.90. The SMILES string of the molecule is CC(N)c1nc(C(=O)CCCS(C)(=O)=O)cs1. The van der Waals surface area contributed by atoms with Crippen LogP contribution in [0.5, 0.6) is 0 Å². The first-order valence-corrected chi connectivity index (χ1v) is 8.15. The molecule has 17 heavy (non-hydrogen) atoms. The van der Waals surface area contributed by atoms with Crippen molar-refractivity contribution in [2.24, 2.45) is 5.73 Å². The molecule has 0 saturated heterocycles. The summed E-state index contributed by atoms with van der Waals surface area (Å²) in [5.41, 5.74) is 6.03. The normalized spacial score (nSPS) is 13.6. The lowest BCUT2D eigenvalue weighted by Crippen LogP contribution is -2.08. The number of Topliss-reactive ketones (excluding diaryl/α,β-unsaturated/α-hetero) is 1. The van der Waals surface area contributed by atoms with Gasteiger partial charge >= 0.3 is 0 Å². The van der Waals surface area contributed by atoms with Gasteiger partial charge in [-0.3, -0.25) is 4.79 Å². The van der Waals surface area contributed by atoms with Gasteiger partial charge in [0.05, 0.1) is 11.8 Å². The van der Waals surface area contributed by atoms with Crippen LogP contribution in [-0.4, -0.2) is 31.2 Å². The average Bonchev–Trinajstić information content (AvgIpc) is 2.63. The molecule has 0 radical (unpaired) electrons. The molecule has 0 fully saturated rings. The minimum atomic E-state index is -3.00. The predicted molar refractivity (Wildman–Crippen MR) is 68.0 cm³/mol. The lowest BCUT2D eigenvalue weighted by Gasteiger charge is -1.98. The molecule has 0 aromatic carbocycles. The van der Waals surface area contributed by atoms with Crippen LogP contribution in [0.1, 0.15) is 41.3 Å². The summed E-state index contributed by atoms with van der Waals surface area (Å²) < 4.78 is 21.8. The molecule has 1 atom stereocenters. The Morgan fingerprint density at radius 3 is 2.71 bits per heavy atom. The fourth-order valence-corrected chi connectivity index (χ4v) is 2.70. The van der Waals surface area contributed by atoms with Crippen LogP contribution in [0.3, 0.4) is 0 Å². The van der Waals surface area contributed by atoms with Gasteiger partial charge < -0.3 is 5.73 Å². The Morgan fingerprint density at radius 1 is 1.59 bits per heavy atom. The molecule has 1 unspecified atom stereocenters. The number of ketones is 1. The van der Waals surface area contributed by atoms with E-state index in [0.29, 0.717) is 12.1 Å². The second kappa shape index (κ2) is 5.70. The Kier molecular flexibility index (Phi) is 4.79. The monoisotopic (exact) mass is 276 g/mol. The first kappa shape index (κ1) is 14.3. The lowest BCUT2D eigenvalue weighted by molar-refractivity contribution is 0.0977. The number of hydrogen-bond acceptors (Lipinski definition) is 6. The van der Waals surface area contributed by atoms with Gasteiger partial charge in [-0.05, 0) is 13.3 Å². The van der Waals surface area contributed by atoms with Crippen LogP contribution in [0.25, 0.3) is 0 Å². The summed E-state index contributed by atoms with van der Waals surface area (Å²) in [7, 11) is -3.00. The minimum Gasteiger partial charge on any atom is -0.322 e. The standard InChI is InChI=1S/C10H16N2O3S2/c1-7(11)10-12-8(6-16-10)9(13)4-3-5-17(2,14)15/h6-7H,3-5,11H2,1-2H3. The molecule has 7 heteroatoms. The van der Waals surface area contributed by atoms with Crippen molar-refractivity contribution in [1.82, 2.24) is 4.98 Å². The van der Waals surface area contributed by atoms with Gasteiger partial charge in [-0.15, -0.1) is 11.3 Å². The zero-order chi connectivity index (χ0) is 13.1. The summed E-state index contributed by atoms with van der Waals surface area (Å²) in [6, 6.07) is -0.183. The number of carbonyl (C=O) groups excluding carboxylic acids is 1. The Morgan fingerprint density at radius 2 is 2.24 bits per heavy atom. The molecule has 0 amide bonds. The van der Waals surface area contributed by atoms with Crippen LogP contribution in [0.15, 0.2) is 5.38 Å². The van der Waals surface area contributed by atoms with Gasteiger partial charge in [0.25, 0.3) is 0 Å². The number of aromatic nitrogens is 1. The van der Waals surface area contributed by atoms with Crippen molar-refractivity contribution in [3.8, 4) is 0 Å². The quantitative estimate of drug-likeness (QED) is 0.788. The summed E-state index contributed by atoms with van der Waals surface area (Å²) in [6.07, 6.45) is 1.70. The molecule has 0 bridgehead atoms. The number of thiazole rings is 1. The number of hydrogen-bond donors (Lipinski definition) is 1. The summed E-state index contributed by atoms with van der Waals surface area (Å²) in [4.78, 5) is 15.8. The molecule has 1 aromatic heterocycles. The Balaban J connectivity index is 2.52. The van der Waals surface area contributed by atoms with E-state index >= 15 is 0 Å². The van der Waals surface area contributed by atoms with E-state index in [9.17, 15) is 13.2 Å². The molecule has 0 aliphatic rings. The molecule has 0 spiro atoms. The van der Waals surface area contributed by atoms with Crippen molar-refractivity contribution in [3.05, 3.63) is 16.1 Å². The lowest BCUT2D eigenvalue weighted by atomic mass is 10.2. The molecule has 96 valence electrons. The van der Waals surface area contributed by atoms with E-state index in [2.05, 4.69) is 4.98 Å². The topological polar surface area (TPSA) is 90.1 Å². The fourth-order valence-electron chi connectivity index (χ4n) is 1.25. The maximum absolute atomic E-state index is 11.7. The average molecular weight is 276 g/mol. The second-order valence-corrected chi connectivity index (χ2v) is 7.17. The van der Waals surface area contributed by atoms with Crippen molar-refractivity contribution in [2.75, 3.05) is 12.0 Å². The zero-order valence-corrected chi connectivity index (χ0v) is 11.5. The molecule has 1 rings (SSSR count). The van der Waals surface area contributed by atoms with Gasteiger partial charge in [0, 0.05) is 18.1 Å². The van der Waals surface area contributed by atoms with E-state index in [1.165, 1.54) is 11.3 Å². The summed E-state index contributed by atoms with van der Waals surface area (Å²) in [6.45, 7) is 1.80. The highest BCUT2D eigenvalue weighted by atomic mass is 32.2. The molecule has 1 heterocycles. The maximum atomic E-state index is 11.7. The smallest absolute Gasteiger partial charge is 0.182 e. The fraction of sp³-hybridized carbons (Fsp3) is 0.600. The number of nitrogens with two attached hydrogens (primary N) is 1. The molecule has 5 nitrogen and oxygen atoms in total. The Bertz CT molecular complexity index is 491. The molecular formula is C10H16N2O3S2. The Labute approximate surface area is 105 Å². The Hall–Kier alpha value is -0.790. The summed E-state index contributed by atoms with van der Waals surface area (Å²) in [5, 5.41) is 2.39. The van der Waals surface area contributed by atoms with E-state index in [4.69, 9.17) is 5.73 Å². The van der Waals surface area contributed by atoms with Crippen LogP contribution in [0, 0.1) is 0 Å². The van der Waals surface area contributed by atoms with Gasteiger partial charge in [-0.25, -0.2) is 13.4 Å². The van der Waals surface area contributed by atoms with E-state index in [-0.39, 0.29) is 24.0 Å². The molecule has 1 aromatic rings. The van der Waals surface area contributed by atoms with Gasteiger partial charge in [-0.1, -0.05) is 0 Å². The van der Waals surface area contributed by atoms with Gasteiger partial charge in [0.15, 0.2) is 5.78 Å². The van der Waals surface area contributed by atoms with Crippen molar-refractivity contribution in [3.63, 3.8) is 0 Å². The minimum absolute atomic E-state index is 0.0308. The van der Waals surface area contributed by atoms with Crippen molar-refractivity contribution in [1.29, 1.82) is 0 Å². The van der Waals surface area contributed by atoms with Crippen molar-refractivity contribution >= 4 is 27.0 Å². The van der Waals surface area contributed by atoms with E-state index in [1.54, 1.807) is 12.3 Å². The van der Waals surface area contributed by atoms with E-state index in [0.717, 1.165) is 11.3 Å². The molecular weight excluding hydrogens is 260 g/mol. The van der Waals surface area contributed by atoms with Crippen LogP contribution >= 0.6 is 11.3 Å². The largest absolute Gasteiger partial charge is 0.322 e. The number of sulfone groups is 1. The van der Waals surface area contributed by atoms with Crippen LogP contribution in [0.4, 0.5) is 0 Å². The molecule has 2 N–H and O–H groups in total. The zero-order valence-electron chi connectivity index (χ0n) is 9.84. The molecule has 0 aliphatic heterocycles. The third-order valence-electron chi connectivity index (χ3n) is 2.12. The second-order valence-electron chi connectivity index (χ2n) is 4.02. The van der Waals surface area contributed by atoms with Gasteiger partial charge in [0.1, 0.15) is 20.5 Å². The highest BCUT2D eigenvalue weighted by Crippen LogP contribution is 2.17. The third-order valence-corrected chi connectivity index (χ3v) is 4.19. The van der Waals surface area contributed by atoms with Gasteiger partial charge in [0.2, 0.25) is 0 Å². The first-order chi connectivity index (χ1) is 7.79. The molecule has 0 saturated carbocycles. The number of carbonyl (C=O) groups is 1. The summed E-state index contributed by atoms with van der Waals surface area (Å²) >= 11 is 1.35. The van der Waals surface area contributed by atoms with Crippen LogP contribution in [0.2, 0.25) is 0 Å². The summed E-state index contributed by atoms with van der Waals surface area (Å²) in [5.74, 6) is -0.0972. The van der Waals surface area contributed by atoms with E-state index < -0.39 is 9.84 Å². The maximum Gasteiger partial charge on any atom is 0.182 e. The van der Waals surface area contributed by atoms with Crippen molar-refractivity contribution in [2.45, 2.75) is 25.8 Å². The van der Waals surface area contributed by atoms with Crippen molar-refractivity contribution < 1.29 is 13.2 Å². The van der Waals surface area contributed by atoms with E-state index in [1.807, 2.05) is 0 Å². The number of rotatable bonds is 6. The predicted octanol–water partition coefficient (Wildman–Crippen LogP) is 1.17. The van der Waals surface area contributed by atoms with Crippen LogP contribution in [-0.2, 0) is 9.84 Å². The van der Waals surface area contributed by atoms with Crippen LogP contribution < -0.4 is 5.73 Å². The number of nitrogens with zero attached hydrogens (tertiary/aromatic N) is 1. The first-order valence-electron chi connectivity index (χ1n) is 5.21.